The highest BCUT2D eigenvalue weighted by Crippen LogP contribution is 2.20. The number of benzene rings is 1. The van der Waals surface area contributed by atoms with Crippen LogP contribution in [0.5, 0.6) is 11.5 Å². The van der Waals surface area contributed by atoms with Crippen molar-refractivity contribution in [1.82, 2.24) is 10.6 Å². The second kappa shape index (κ2) is 5.27. The SMILES string of the molecule is CC1CNCC(NC(=O)c2cc(O)cc(O)c2)C1. The van der Waals surface area contributed by atoms with Gasteiger partial charge in [-0.1, -0.05) is 6.92 Å². The molecule has 1 amide bonds. The summed E-state index contributed by atoms with van der Waals surface area (Å²) in [7, 11) is 0. The van der Waals surface area contributed by atoms with E-state index in [0.29, 0.717) is 5.92 Å². The summed E-state index contributed by atoms with van der Waals surface area (Å²) in [6.07, 6.45) is 0.934. The van der Waals surface area contributed by atoms with Crippen molar-refractivity contribution >= 4 is 5.91 Å². The third-order valence-electron chi connectivity index (χ3n) is 3.07. The van der Waals surface area contributed by atoms with Crippen LogP contribution in [0.4, 0.5) is 0 Å². The fourth-order valence-corrected chi connectivity index (χ4v) is 2.26. The van der Waals surface area contributed by atoms with Crippen LogP contribution in [0, 0.1) is 5.92 Å². The first-order valence-corrected chi connectivity index (χ1v) is 6.09. The first-order valence-electron chi connectivity index (χ1n) is 6.09. The van der Waals surface area contributed by atoms with Crippen molar-refractivity contribution in [3.8, 4) is 11.5 Å². The van der Waals surface area contributed by atoms with Crippen molar-refractivity contribution in [2.75, 3.05) is 13.1 Å². The molecule has 0 radical (unpaired) electrons. The van der Waals surface area contributed by atoms with Gasteiger partial charge in [0.2, 0.25) is 0 Å². The van der Waals surface area contributed by atoms with Crippen LogP contribution in [0.25, 0.3) is 0 Å². The summed E-state index contributed by atoms with van der Waals surface area (Å²) in [5, 5.41) is 24.8. The number of carbonyl (C=O) groups excluding carboxylic acids is 1. The van der Waals surface area contributed by atoms with Crippen molar-refractivity contribution in [3.05, 3.63) is 23.8 Å². The highest BCUT2D eigenvalue weighted by Gasteiger charge is 2.20. The van der Waals surface area contributed by atoms with E-state index < -0.39 is 0 Å². The lowest BCUT2D eigenvalue weighted by Gasteiger charge is -2.28. The van der Waals surface area contributed by atoms with Crippen LogP contribution in [0.2, 0.25) is 0 Å². The van der Waals surface area contributed by atoms with E-state index in [2.05, 4.69) is 17.6 Å². The highest BCUT2D eigenvalue weighted by molar-refractivity contribution is 5.95. The van der Waals surface area contributed by atoms with Gasteiger partial charge in [-0.25, -0.2) is 0 Å². The van der Waals surface area contributed by atoms with E-state index in [9.17, 15) is 15.0 Å². The molecular weight excluding hydrogens is 232 g/mol. The van der Waals surface area contributed by atoms with Gasteiger partial charge in [-0.15, -0.1) is 0 Å². The molecule has 1 aliphatic rings. The molecule has 0 aliphatic carbocycles. The fraction of sp³-hybridized carbons (Fsp3) is 0.462. The van der Waals surface area contributed by atoms with E-state index in [1.54, 1.807) is 0 Å². The second-order valence-corrected chi connectivity index (χ2v) is 4.91. The average Bonchev–Trinajstić information content (AvgIpc) is 2.27. The lowest BCUT2D eigenvalue weighted by Crippen LogP contribution is -2.48. The Balaban J connectivity index is 2.02. The van der Waals surface area contributed by atoms with Crippen LogP contribution in [0.15, 0.2) is 18.2 Å². The molecule has 1 heterocycles. The van der Waals surface area contributed by atoms with Gasteiger partial charge in [-0.2, -0.15) is 0 Å². The molecule has 1 saturated heterocycles. The minimum absolute atomic E-state index is 0.0886. The predicted molar refractivity (Wildman–Crippen MR) is 67.7 cm³/mol. The lowest BCUT2D eigenvalue weighted by molar-refractivity contribution is 0.0924. The summed E-state index contributed by atoms with van der Waals surface area (Å²) in [4.78, 5) is 12.0. The van der Waals surface area contributed by atoms with Crippen molar-refractivity contribution in [1.29, 1.82) is 0 Å². The van der Waals surface area contributed by atoms with Crippen LogP contribution in [-0.4, -0.2) is 35.3 Å². The quantitative estimate of drug-likeness (QED) is 0.626. The third kappa shape index (κ3) is 3.13. The number of rotatable bonds is 2. The smallest absolute Gasteiger partial charge is 0.251 e. The molecule has 5 heteroatoms. The molecule has 5 nitrogen and oxygen atoms in total. The van der Waals surface area contributed by atoms with Gasteiger partial charge in [0.25, 0.3) is 5.91 Å². The molecule has 0 aromatic heterocycles. The Morgan fingerprint density at radius 1 is 1.28 bits per heavy atom. The monoisotopic (exact) mass is 250 g/mol. The molecule has 2 rings (SSSR count). The summed E-state index contributed by atoms with van der Waals surface area (Å²) in [5.41, 5.74) is 0.269. The Morgan fingerprint density at radius 2 is 1.94 bits per heavy atom. The van der Waals surface area contributed by atoms with Gasteiger partial charge < -0.3 is 20.8 Å². The normalized spacial score (nSPS) is 23.6. The van der Waals surface area contributed by atoms with E-state index in [1.165, 1.54) is 18.2 Å². The lowest BCUT2D eigenvalue weighted by atomic mass is 9.97. The molecule has 2 atom stereocenters. The first-order chi connectivity index (χ1) is 8.54. The van der Waals surface area contributed by atoms with Crippen molar-refractivity contribution < 1.29 is 15.0 Å². The Labute approximate surface area is 106 Å². The largest absolute Gasteiger partial charge is 0.508 e. The zero-order valence-corrected chi connectivity index (χ0v) is 10.3. The number of piperidine rings is 1. The molecule has 4 N–H and O–H groups in total. The molecule has 0 spiro atoms. The standard InChI is InChI=1S/C13H18N2O3/c1-8-2-10(7-14-6-8)15-13(18)9-3-11(16)5-12(17)4-9/h3-5,8,10,14,16-17H,2,6-7H2,1H3,(H,15,18). The molecule has 0 bridgehead atoms. The van der Waals surface area contributed by atoms with Gasteiger partial charge in [0.1, 0.15) is 11.5 Å². The van der Waals surface area contributed by atoms with Gasteiger partial charge >= 0.3 is 0 Å². The number of hydrogen-bond donors (Lipinski definition) is 4. The molecule has 1 aromatic carbocycles. The van der Waals surface area contributed by atoms with E-state index in [4.69, 9.17) is 0 Å². The number of hydrogen-bond acceptors (Lipinski definition) is 4. The molecule has 1 fully saturated rings. The average molecular weight is 250 g/mol. The van der Waals surface area contributed by atoms with Gasteiger partial charge in [0.05, 0.1) is 0 Å². The van der Waals surface area contributed by atoms with E-state index in [-0.39, 0.29) is 29.0 Å². The summed E-state index contributed by atoms with van der Waals surface area (Å²) in [5.74, 6) is 0.0225. The number of carbonyl (C=O) groups is 1. The van der Waals surface area contributed by atoms with Crippen LogP contribution in [0.3, 0.4) is 0 Å². The summed E-state index contributed by atoms with van der Waals surface area (Å²) >= 11 is 0. The van der Waals surface area contributed by atoms with Crippen LogP contribution < -0.4 is 10.6 Å². The Bertz CT molecular complexity index is 428. The Morgan fingerprint density at radius 3 is 2.56 bits per heavy atom. The molecular formula is C13H18N2O3. The third-order valence-corrected chi connectivity index (χ3v) is 3.07. The van der Waals surface area contributed by atoms with Crippen molar-refractivity contribution in [2.24, 2.45) is 5.92 Å². The summed E-state index contributed by atoms with van der Waals surface area (Å²) in [6, 6.07) is 3.97. The fourth-order valence-electron chi connectivity index (χ4n) is 2.26. The number of phenolic OH excluding ortho intramolecular Hbond substituents is 2. The van der Waals surface area contributed by atoms with Gasteiger partial charge in [-0.05, 0) is 31.0 Å². The maximum atomic E-state index is 12.0. The molecule has 1 aliphatic heterocycles. The van der Waals surface area contributed by atoms with Crippen LogP contribution in [0.1, 0.15) is 23.7 Å². The number of amides is 1. The van der Waals surface area contributed by atoms with Crippen molar-refractivity contribution in [2.45, 2.75) is 19.4 Å². The van der Waals surface area contributed by atoms with Crippen LogP contribution in [-0.2, 0) is 0 Å². The van der Waals surface area contributed by atoms with Gasteiger partial charge in [0.15, 0.2) is 0 Å². The predicted octanol–water partition coefficient (Wildman–Crippen LogP) is 0.826. The molecule has 0 saturated carbocycles. The highest BCUT2D eigenvalue weighted by atomic mass is 16.3. The first kappa shape index (κ1) is 12.7. The summed E-state index contributed by atoms with van der Waals surface area (Å²) < 4.78 is 0. The summed E-state index contributed by atoms with van der Waals surface area (Å²) in [6.45, 7) is 3.85. The number of aromatic hydroxyl groups is 2. The van der Waals surface area contributed by atoms with E-state index in [1.807, 2.05) is 0 Å². The Hall–Kier alpha value is -1.75. The molecule has 18 heavy (non-hydrogen) atoms. The van der Waals surface area contributed by atoms with E-state index in [0.717, 1.165) is 19.5 Å². The Kier molecular flexibility index (Phi) is 3.72. The molecule has 2 unspecified atom stereocenters. The number of phenols is 2. The topological polar surface area (TPSA) is 81.6 Å². The van der Waals surface area contributed by atoms with Gasteiger partial charge in [-0.3, -0.25) is 4.79 Å². The zero-order chi connectivity index (χ0) is 13.1. The zero-order valence-electron chi connectivity index (χ0n) is 10.3. The maximum absolute atomic E-state index is 12.0. The molecule has 98 valence electrons. The molecule has 1 aromatic rings. The minimum Gasteiger partial charge on any atom is -0.508 e. The van der Waals surface area contributed by atoms with Crippen LogP contribution >= 0.6 is 0 Å². The second-order valence-electron chi connectivity index (χ2n) is 4.91. The number of nitrogens with one attached hydrogen (secondary N) is 2. The maximum Gasteiger partial charge on any atom is 0.251 e. The van der Waals surface area contributed by atoms with Crippen molar-refractivity contribution in [3.63, 3.8) is 0 Å². The van der Waals surface area contributed by atoms with Gasteiger partial charge in [0, 0.05) is 24.2 Å². The minimum atomic E-state index is -0.276. The van der Waals surface area contributed by atoms with E-state index >= 15 is 0 Å².